The summed E-state index contributed by atoms with van der Waals surface area (Å²) in [6, 6.07) is 0.772. The lowest BCUT2D eigenvalue weighted by Crippen LogP contribution is -2.69. The van der Waals surface area contributed by atoms with Crippen molar-refractivity contribution in [3.8, 4) is 0 Å². The van der Waals surface area contributed by atoms with Crippen LogP contribution in [0.5, 0.6) is 0 Å². The number of ether oxygens (including phenoxy) is 1. The van der Waals surface area contributed by atoms with Gasteiger partial charge in [0.2, 0.25) is 5.91 Å². The molecule has 0 radical (unpaired) electrons. The first-order chi connectivity index (χ1) is 13.2. The van der Waals surface area contributed by atoms with E-state index in [4.69, 9.17) is 4.74 Å². The van der Waals surface area contributed by atoms with E-state index in [0.717, 1.165) is 51.3 Å². The average molecular weight is 504 g/mol. The normalized spacial score (nSPS) is 31.9. The van der Waals surface area contributed by atoms with Crippen LogP contribution in [-0.2, 0) is 9.53 Å². The number of nitrogens with zero attached hydrogens (tertiary/aromatic N) is 2. The van der Waals surface area contributed by atoms with Crippen LogP contribution in [0.4, 0.5) is 0 Å². The molecule has 3 unspecified atom stereocenters. The van der Waals surface area contributed by atoms with Crippen LogP contribution >= 0.6 is 24.0 Å². The van der Waals surface area contributed by atoms with E-state index in [2.05, 4.69) is 27.4 Å². The second-order valence-corrected chi connectivity index (χ2v) is 8.93. The van der Waals surface area contributed by atoms with E-state index in [-0.39, 0.29) is 29.9 Å². The summed E-state index contributed by atoms with van der Waals surface area (Å²) in [5.74, 6) is 1.55. The lowest BCUT2D eigenvalue weighted by atomic mass is 9.51. The Morgan fingerprint density at radius 3 is 2.54 bits per heavy atom. The number of likely N-dealkylation sites (tertiary alicyclic amines) is 1. The summed E-state index contributed by atoms with van der Waals surface area (Å²) in [6.07, 6.45) is 10.9. The lowest BCUT2D eigenvalue weighted by Gasteiger charge is -2.61. The van der Waals surface area contributed by atoms with Gasteiger partial charge in [-0.05, 0) is 45.4 Å². The Morgan fingerprint density at radius 2 is 1.93 bits per heavy atom. The first-order valence-electron chi connectivity index (χ1n) is 11.1. The Labute approximate surface area is 186 Å². The first kappa shape index (κ1) is 22.1. The number of carbonyl (C=O) groups is 1. The van der Waals surface area contributed by atoms with Gasteiger partial charge < -0.3 is 20.3 Å². The monoisotopic (exact) mass is 504 g/mol. The zero-order chi connectivity index (χ0) is 18.9. The largest absolute Gasteiger partial charge is 0.378 e. The molecule has 3 aliphatic carbocycles. The van der Waals surface area contributed by atoms with Gasteiger partial charge in [-0.3, -0.25) is 9.79 Å². The number of guanidine groups is 1. The molecule has 1 aliphatic heterocycles. The quantitative estimate of drug-likeness (QED) is 0.344. The van der Waals surface area contributed by atoms with Crippen molar-refractivity contribution in [3.05, 3.63) is 0 Å². The Bertz CT molecular complexity index is 575. The molecule has 7 heteroatoms. The highest BCUT2D eigenvalue weighted by Gasteiger charge is 2.59. The fourth-order valence-electron chi connectivity index (χ4n) is 5.68. The van der Waals surface area contributed by atoms with E-state index >= 15 is 0 Å². The lowest BCUT2D eigenvalue weighted by molar-refractivity contribution is -0.168. The minimum Gasteiger partial charge on any atom is -0.378 e. The number of rotatable bonds is 5. The molecule has 1 amide bonds. The van der Waals surface area contributed by atoms with Gasteiger partial charge in [-0.25, -0.2) is 0 Å². The van der Waals surface area contributed by atoms with E-state index in [9.17, 15) is 4.79 Å². The van der Waals surface area contributed by atoms with Crippen molar-refractivity contribution in [1.82, 2.24) is 15.5 Å². The second kappa shape index (κ2) is 9.49. The van der Waals surface area contributed by atoms with E-state index < -0.39 is 0 Å². The van der Waals surface area contributed by atoms with Crippen molar-refractivity contribution in [2.24, 2.45) is 16.3 Å². The van der Waals surface area contributed by atoms with Crippen LogP contribution in [0.2, 0.25) is 0 Å². The Kier molecular flexibility index (Phi) is 7.50. The topological polar surface area (TPSA) is 66.0 Å². The highest BCUT2D eigenvalue weighted by Crippen LogP contribution is 2.57. The minimum absolute atomic E-state index is 0. The molecule has 4 aliphatic rings. The molecule has 0 aromatic heterocycles. The predicted octanol–water partition coefficient (Wildman–Crippen LogP) is 2.91. The number of hydrogen-bond acceptors (Lipinski definition) is 3. The number of aliphatic imine (C=N–C) groups is 1. The van der Waals surface area contributed by atoms with Crippen LogP contribution in [0.3, 0.4) is 0 Å². The van der Waals surface area contributed by atoms with Gasteiger partial charge >= 0.3 is 0 Å². The summed E-state index contributed by atoms with van der Waals surface area (Å²) >= 11 is 0. The summed E-state index contributed by atoms with van der Waals surface area (Å²) in [5, 5.41) is 7.24. The van der Waals surface area contributed by atoms with Crippen molar-refractivity contribution in [2.75, 3.05) is 26.7 Å². The summed E-state index contributed by atoms with van der Waals surface area (Å²) in [6.45, 7) is 4.59. The number of nitrogens with one attached hydrogen (secondary N) is 2. The van der Waals surface area contributed by atoms with Crippen LogP contribution < -0.4 is 10.6 Å². The number of hydrogen-bond donors (Lipinski definition) is 2. The molecule has 0 aromatic rings. The zero-order valence-electron chi connectivity index (χ0n) is 17.4. The zero-order valence-corrected chi connectivity index (χ0v) is 19.7. The van der Waals surface area contributed by atoms with Gasteiger partial charge in [-0.15, -0.1) is 24.0 Å². The summed E-state index contributed by atoms with van der Waals surface area (Å²) in [7, 11) is 1.85. The van der Waals surface area contributed by atoms with E-state index in [1.165, 1.54) is 32.1 Å². The molecule has 160 valence electrons. The summed E-state index contributed by atoms with van der Waals surface area (Å²) in [4.78, 5) is 19.2. The molecule has 2 N–H and O–H groups in total. The molecule has 3 saturated carbocycles. The van der Waals surface area contributed by atoms with Crippen molar-refractivity contribution < 1.29 is 9.53 Å². The smallest absolute Gasteiger partial charge is 0.225 e. The number of carbonyl (C=O) groups excluding carboxylic acids is 1. The van der Waals surface area contributed by atoms with Gasteiger partial charge in [0, 0.05) is 50.2 Å². The van der Waals surface area contributed by atoms with Crippen LogP contribution in [0, 0.1) is 11.3 Å². The third-order valence-electron chi connectivity index (χ3n) is 7.52. The van der Waals surface area contributed by atoms with Gasteiger partial charge in [0.1, 0.15) is 0 Å². The molecular weight excluding hydrogens is 467 g/mol. The fourth-order valence-corrected chi connectivity index (χ4v) is 5.68. The average Bonchev–Trinajstić information content (AvgIpc) is 3.29. The van der Waals surface area contributed by atoms with Gasteiger partial charge in [-0.2, -0.15) is 0 Å². The molecule has 1 spiro atoms. The summed E-state index contributed by atoms with van der Waals surface area (Å²) < 4.78 is 5.96. The van der Waals surface area contributed by atoms with Crippen molar-refractivity contribution in [2.45, 2.75) is 82.9 Å². The van der Waals surface area contributed by atoms with Gasteiger partial charge in [0.25, 0.3) is 0 Å². The van der Waals surface area contributed by atoms with Crippen molar-refractivity contribution in [1.29, 1.82) is 0 Å². The molecular formula is C21H37IN4O2. The predicted molar refractivity (Wildman–Crippen MR) is 122 cm³/mol. The van der Waals surface area contributed by atoms with Crippen LogP contribution in [-0.4, -0.2) is 61.7 Å². The standard InChI is InChI=1S/C21H36N4O2.HI/c1-3-27-18-13-17(21(18)10-6-11-21)24-20(22-2)23-16-9-12-25(14-16)19(26)15-7-4-5-8-15;/h15-18H,3-14H2,1-2H3,(H2,22,23,24);1H. The highest BCUT2D eigenvalue weighted by molar-refractivity contribution is 14.0. The van der Waals surface area contributed by atoms with E-state index in [1.807, 2.05) is 7.05 Å². The number of halogens is 1. The third kappa shape index (κ3) is 4.16. The molecule has 28 heavy (non-hydrogen) atoms. The van der Waals surface area contributed by atoms with Gasteiger partial charge in [0.15, 0.2) is 5.96 Å². The molecule has 1 heterocycles. The Morgan fingerprint density at radius 1 is 1.18 bits per heavy atom. The second-order valence-electron chi connectivity index (χ2n) is 8.93. The maximum absolute atomic E-state index is 12.6. The Balaban J connectivity index is 0.00000225. The molecule has 0 bridgehead atoms. The van der Waals surface area contributed by atoms with Crippen LogP contribution in [0.25, 0.3) is 0 Å². The third-order valence-corrected chi connectivity index (χ3v) is 7.52. The van der Waals surface area contributed by atoms with Crippen molar-refractivity contribution >= 4 is 35.8 Å². The molecule has 6 nitrogen and oxygen atoms in total. The van der Waals surface area contributed by atoms with E-state index in [0.29, 0.717) is 29.5 Å². The molecule has 4 fully saturated rings. The SMILES string of the molecule is CCOC1CC(NC(=NC)NC2CCN(C(=O)C3CCCC3)C2)C12CCC2.I. The molecule has 0 aromatic carbocycles. The maximum Gasteiger partial charge on any atom is 0.225 e. The van der Waals surface area contributed by atoms with Gasteiger partial charge in [-0.1, -0.05) is 19.3 Å². The number of amides is 1. The summed E-state index contributed by atoms with van der Waals surface area (Å²) in [5.41, 5.74) is 0.327. The fraction of sp³-hybridized carbons (Fsp3) is 0.905. The Hall–Kier alpha value is -0.570. The minimum atomic E-state index is 0. The highest BCUT2D eigenvalue weighted by atomic mass is 127. The van der Waals surface area contributed by atoms with Crippen LogP contribution in [0.15, 0.2) is 4.99 Å². The maximum atomic E-state index is 12.6. The first-order valence-corrected chi connectivity index (χ1v) is 11.1. The van der Waals surface area contributed by atoms with Crippen molar-refractivity contribution in [3.63, 3.8) is 0 Å². The molecule has 1 saturated heterocycles. The molecule has 4 rings (SSSR count). The van der Waals surface area contributed by atoms with Crippen LogP contribution in [0.1, 0.15) is 64.7 Å². The van der Waals surface area contributed by atoms with Gasteiger partial charge in [0.05, 0.1) is 6.10 Å². The molecule has 3 atom stereocenters. The van der Waals surface area contributed by atoms with E-state index in [1.54, 1.807) is 0 Å².